The number of anilines is 2. The van der Waals surface area contributed by atoms with E-state index in [9.17, 15) is 14.4 Å². The fourth-order valence-electron chi connectivity index (χ4n) is 6.56. The van der Waals surface area contributed by atoms with E-state index in [2.05, 4.69) is 42.3 Å². The predicted molar refractivity (Wildman–Crippen MR) is 165 cm³/mol. The monoisotopic (exact) mass is 591 g/mol. The van der Waals surface area contributed by atoms with Crippen LogP contribution in [0.3, 0.4) is 0 Å². The highest BCUT2D eigenvalue weighted by Crippen LogP contribution is 2.47. The summed E-state index contributed by atoms with van der Waals surface area (Å²) in [5, 5.41) is 2.48. The molecule has 9 nitrogen and oxygen atoms in total. The largest absolute Gasteiger partial charge is 0.378 e. The van der Waals surface area contributed by atoms with Crippen molar-refractivity contribution in [2.24, 2.45) is 5.92 Å². The van der Waals surface area contributed by atoms with Gasteiger partial charge in [-0.1, -0.05) is 50.2 Å². The maximum atomic E-state index is 13.8. The van der Waals surface area contributed by atoms with Crippen molar-refractivity contribution in [3.05, 3.63) is 59.7 Å². The summed E-state index contributed by atoms with van der Waals surface area (Å²) in [7, 11) is 0. The van der Waals surface area contributed by atoms with Gasteiger partial charge in [0.15, 0.2) is 0 Å². The third-order valence-corrected chi connectivity index (χ3v) is 10.2. The highest BCUT2D eigenvalue weighted by atomic mass is 32.2. The van der Waals surface area contributed by atoms with E-state index in [1.807, 2.05) is 45.0 Å². The van der Waals surface area contributed by atoms with Crippen LogP contribution < -0.4 is 10.2 Å². The first kappa shape index (κ1) is 28.9. The number of para-hydroxylation sites is 2. The summed E-state index contributed by atoms with van der Waals surface area (Å²) in [4.78, 5) is 48.2. The Hall–Kier alpha value is -3.24. The average Bonchev–Trinajstić information content (AvgIpc) is 3.30. The second-order valence-corrected chi connectivity index (χ2v) is 13.3. The van der Waals surface area contributed by atoms with E-state index >= 15 is 0 Å². The molecule has 0 bridgehead atoms. The van der Waals surface area contributed by atoms with Crippen LogP contribution in [0.25, 0.3) is 0 Å². The lowest BCUT2D eigenvalue weighted by Gasteiger charge is -2.40. The zero-order valence-corrected chi connectivity index (χ0v) is 25.4. The van der Waals surface area contributed by atoms with Gasteiger partial charge in [-0.05, 0) is 36.5 Å². The Bertz CT molecular complexity index is 1310. The van der Waals surface area contributed by atoms with Gasteiger partial charge in [-0.25, -0.2) is 4.79 Å². The second kappa shape index (κ2) is 12.6. The molecule has 4 aliphatic rings. The molecule has 4 heterocycles. The molecule has 1 N–H and O–H groups in total. The van der Waals surface area contributed by atoms with Crippen molar-refractivity contribution in [1.29, 1.82) is 0 Å². The molecule has 2 unspecified atom stereocenters. The standard InChI is InChI=1S/C32H41N5O4S/c1-22(2)20-37-30(39)28(42-31(37)25-8-4-6-10-27(25)34-15-17-41-18-16-34)19-29(38)35-13-11-24(12-14-35)36-21-23-7-3-5-9-26(23)33-32(36)40/h3-10,22,24,28,31H,11-21H2,1-2H3,(H,33,40). The number of likely N-dealkylation sites (tertiary alicyclic amines) is 1. The number of thioether (sulfide) groups is 1. The van der Waals surface area contributed by atoms with Gasteiger partial charge in [0.05, 0.1) is 18.5 Å². The molecule has 2 aromatic rings. The molecule has 3 fully saturated rings. The summed E-state index contributed by atoms with van der Waals surface area (Å²) in [5.74, 6) is 0.404. The van der Waals surface area contributed by atoms with Crippen molar-refractivity contribution in [1.82, 2.24) is 14.7 Å². The molecule has 4 aliphatic heterocycles. The number of benzene rings is 2. The van der Waals surface area contributed by atoms with Gasteiger partial charge < -0.3 is 29.7 Å². The highest BCUT2D eigenvalue weighted by Gasteiger charge is 2.44. The number of urea groups is 1. The zero-order valence-electron chi connectivity index (χ0n) is 24.5. The van der Waals surface area contributed by atoms with E-state index in [1.54, 1.807) is 11.8 Å². The van der Waals surface area contributed by atoms with Crippen molar-refractivity contribution in [2.45, 2.75) is 56.3 Å². The van der Waals surface area contributed by atoms with Crippen LogP contribution in [-0.4, -0.2) is 89.8 Å². The predicted octanol–water partition coefficient (Wildman–Crippen LogP) is 4.55. The molecular weight excluding hydrogens is 550 g/mol. The van der Waals surface area contributed by atoms with Crippen molar-refractivity contribution in [3.8, 4) is 0 Å². The van der Waals surface area contributed by atoms with Gasteiger partial charge >= 0.3 is 6.03 Å². The van der Waals surface area contributed by atoms with Gasteiger partial charge in [0.2, 0.25) is 11.8 Å². The fourth-order valence-corrected chi connectivity index (χ4v) is 8.05. The van der Waals surface area contributed by atoms with Gasteiger partial charge in [-0.15, -0.1) is 11.8 Å². The Kier molecular flexibility index (Phi) is 8.62. The first-order valence-electron chi connectivity index (χ1n) is 15.2. The minimum atomic E-state index is -0.402. The van der Waals surface area contributed by atoms with Crippen LogP contribution in [0.15, 0.2) is 48.5 Å². The molecule has 0 saturated carbocycles. The van der Waals surface area contributed by atoms with E-state index in [1.165, 1.54) is 0 Å². The van der Waals surface area contributed by atoms with Gasteiger partial charge in [0.1, 0.15) is 5.37 Å². The van der Waals surface area contributed by atoms with Crippen LogP contribution in [0.2, 0.25) is 0 Å². The maximum Gasteiger partial charge on any atom is 0.322 e. The molecule has 2 aromatic carbocycles. The number of nitrogens with zero attached hydrogens (tertiary/aromatic N) is 4. The molecule has 6 rings (SSSR count). The highest BCUT2D eigenvalue weighted by molar-refractivity contribution is 8.01. The Morgan fingerprint density at radius 3 is 2.48 bits per heavy atom. The molecule has 2 atom stereocenters. The van der Waals surface area contributed by atoms with Crippen LogP contribution in [0.4, 0.5) is 16.2 Å². The lowest BCUT2D eigenvalue weighted by Crippen LogP contribution is -2.51. The summed E-state index contributed by atoms with van der Waals surface area (Å²) < 4.78 is 5.58. The molecule has 3 saturated heterocycles. The number of carbonyl (C=O) groups is 3. The minimum Gasteiger partial charge on any atom is -0.378 e. The van der Waals surface area contributed by atoms with Gasteiger partial charge in [0, 0.05) is 68.7 Å². The summed E-state index contributed by atoms with van der Waals surface area (Å²) >= 11 is 1.62. The van der Waals surface area contributed by atoms with E-state index in [0.717, 1.165) is 48.4 Å². The van der Waals surface area contributed by atoms with Gasteiger partial charge in [-0.3, -0.25) is 9.59 Å². The van der Waals surface area contributed by atoms with Crippen LogP contribution in [0.1, 0.15) is 49.6 Å². The SMILES string of the molecule is CC(C)CN1C(=O)C(CC(=O)N2CCC(N3Cc4ccccc4NC3=O)CC2)SC1c1ccccc1N1CCOCC1. The summed E-state index contributed by atoms with van der Waals surface area (Å²) in [5.41, 5.74) is 4.28. The van der Waals surface area contributed by atoms with E-state index in [4.69, 9.17) is 4.74 Å². The van der Waals surface area contributed by atoms with Crippen molar-refractivity contribution < 1.29 is 19.1 Å². The maximum absolute atomic E-state index is 13.8. The van der Waals surface area contributed by atoms with Crippen molar-refractivity contribution in [2.75, 3.05) is 56.2 Å². The zero-order chi connectivity index (χ0) is 29.2. The van der Waals surface area contributed by atoms with Crippen LogP contribution in [-0.2, 0) is 20.9 Å². The minimum absolute atomic E-state index is 0.0272. The fraction of sp³-hybridized carbons (Fsp3) is 0.531. The van der Waals surface area contributed by atoms with E-state index < -0.39 is 5.25 Å². The molecule has 0 spiro atoms. The summed E-state index contributed by atoms with van der Waals surface area (Å²) in [6.45, 7) is 9.76. The smallest absolute Gasteiger partial charge is 0.322 e. The molecule has 42 heavy (non-hydrogen) atoms. The number of rotatable bonds is 7. The Morgan fingerprint density at radius 2 is 1.71 bits per heavy atom. The molecule has 0 aliphatic carbocycles. The number of fused-ring (bicyclic) bond motifs is 1. The third-order valence-electron chi connectivity index (χ3n) is 8.73. The number of carbonyl (C=O) groups excluding carboxylic acids is 3. The molecular formula is C32H41N5O4S. The topological polar surface area (TPSA) is 85.4 Å². The molecule has 0 radical (unpaired) electrons. The van der Waals surface area contributed by atoms with E-state index in [0.29, 0.717) is 45.3 Å². The Labute approximate surface area is 252 Å². The quantitative estimate of drug-likeness (QED) is 0.509. The number of amides is 4. The Morgan fingerprint density at radius 1 is 1.00 bits per heavy atom. The number of hydrogen-bond donors (Lipinski definition) is 1. The van der Waals surface area contributed by atoms with Crippen molar-refractivity contribution in [3.63, 3.8) is 0 Å². The van der Waals surface area contributed by atoms with Crippen LogP contribution >= 0.6 is 11.8 Å². The summed E-state index contributed by atoms with van der Waals surface area (Å²) in [6.07, 6.45) is 1.68. The normalized spacial score (nSPS) is 23.4. The number of morpholine rings is 1. The molecule has 224 valence electrons. The molecule has 10 heteroatoms. The summed E-state index contributed by atoms with van der Waals surface area (Å²) in [6, 6.07) is 16.3. The number of nitrogens with one attached hydrogen (secondary N) is 1. The number of hydrogen-bond acceptors (Lipinski definition) is 6. The number of piperidine rings is 1. The van der Waals surface area contributed by atoms with Crippen molar-refractivity contribution >= 4 is 41.0 Å². The first-order valence-corrected chi connectivity index (χ1v) is 16.1. The van der Waals surface area contributed by atoms with E-state index in [-0.39, 0.29) is 35.7 Å². The Balaban J connectivity index is 1.11. The van der Waals surface area contributed by atoms with Gasteiger partial charge in [-0.2, -0.15) is 0 Å². The first-order chi connectivity index (χ1) is 20.4. The van der Waals surface area contributed by atoms with Gasteiger partial charge in [0.25, 0.3) is 0 Å². The molecule has 4 amide bonds. The van der Waals surface area contributed by atoms with Crippen LogP contribution in [0.5, 0.6) is 0 Å². The van der Waals surface area contributed by atoms with Crippen LogP contribution in [0, 0.1) is 5.92 Å². The lowest BCUT2D eigenvalue weighted by atomic mass is 10.0. The third kappa shape index (κ3) is 5.97. The lowest BCUT2D eigenvalue weighted by molar-refractivity contribution is -0.137. The molecule has 0 aromatic heterocycles. The average molecular weight is 592 g/mol. The second-order valence-electron chi connectivity index (χ2n) is 12.1. The number of ether oxygens (including phenoxy) is 1.